The van der Waals surface area contributed by atoms with Crippen molar-refractivity contribution in [3.63, 3.8) is 0 Å². The lowest BCUT2D eigenvalue weighted by atomic mass is 9.79. The van der Waals surface area contributed by atoms with Crippen molar-refractivity contribution in [1.82, 2.24) is 10.2 Å². The molecule has 0 radical (unpaired) electrons. The summed E-state index contributed by atoms with van der Waals surface area (Å²) in [5.74, 6) is 1.54. The molecule has 0 saturated heterocycles. The molecule has 1 aliphatic carbocycles. The van der Waals surface area contributed by atoms with Crippen molar-refractivity contribution < 1.29 is 0 Å². The number of H-pyrrole nitrogens is 1. The summed E-state index contributed by atoms with van der Waals surface area (Å²) in [4.78, 5) is 0. The first-order valence-corrected chi connectivity index (χ1v) is 7.76. The molecule has 0 spiro atoms. The van der Waals surface area contributed by atoms with Crippen LogP contribution in [0.25, 0.3) is 11.3 Å². The monoisotopic (exact) mass is 318 g/mol. The molecule has 2 nitrogen and oxygen atoms in total. The maximum absolute atomic E-state index is 4.55. The van der Waals surface area contributed by atoms with E-state index in [2.05, 4.69) is 64.2 Å². The fraction of sp³-hybridized carbons (Fsp3) is 0.438. The Morgan fingerprint density at radius 2 is 2.00 bits per heavy atom. The fourth-order valence-electron chi connectivity index (χ4n) is 2.94. The lowest BCUT2D eigenvalue weighted by Gasteiger charge is -2.25. The third kappa shape index (κ3) is 2.48. The summed E-state index contributed by atoms with van der Waals surface area (Å²) in [6.07, 6.45) is 3.59. The quantitative estimate of drug-likeness (QED) is 0.861. The van der Waals surface area contributed by atoms with Crippen LogP contribution in [-0.2, 0) is 12.8 Å². The number of nitrogens with zero attached hydrogens (tertiary/aromatic N) is 1. The minimum atomic E-state index is 0.751. The summed E-state index contributed by atoms with van der Waals surface area (Å²) in [5.41, 5.74) is 5.14. The van der Waals surface area contributed by atoms with Gasteiger partial charge in [-0.05, 0) is 43.2 Å². The predicted molar refractivity (Wildman–Crippen MR) is 82.1 cm³/mol. The number of halogens is 1. The number of hydrogen-bond acceptors (Lipinski definition) is 1. The van der Waals surface area contributed by atoms with Crippen LogP contribution in [0.5, 0.6) is 0 Å². The number of hydrogen-bond donors (Lipinski definition) is 1. The van der Waals surface area contributed by atoms with Gasteiger partial charge in [-0.1, -0.05) is 41.9 Å². The molecule has 0 aliphatic heterocycles. The molecule has 1 atom stereocenters. The Labute approximate surface area is 122 Å². The van der Waals surface area contributed by atoms with E-state index in [0.717, 1.165) is 34.8 Å². The molecule has 100 valence electrons. The van der Waals surface area contributed by atoms with Crippen LogP contribution in [0.1, 0.15) is 31.5 Å². The second-order valence-electron chi connectivity index (χ2n) is 5.78. The highest BCUT2D eigenvalue weighted by atomic mass is 79.9. The molecule has 0 bridgehead atoms. The Kier molecular flexibility index (Phi) is 3.48. The maximum atomic E-state index is 4.55. The summed E-state index contributed by atoms with van der Waals surface area (Å²) in [6, 6.07) is 8.44. The zero-order chi connectivity index (χ0) is 13.4. The van der Waals surface area contributed by atoms with E-state index in [0.29, 0.717) is 0 Å². The Morgan fingerprint density at radius 1 is 1.26 bits per heavy atom. The average Bonchev–Trinajstić information content (AvgIpc) is 2.82. The summed E-state index contributed by atoms with van der Waals surface area (Å²) in [6.45, 7) is 4.66. The van der Waals surface area contributed by atoms with Gasteiger partial charge in [0.1, 0.15) is 0 Å². The van der Waals surface area contributed by atoms with E-state index in [-0.39, 0.29) is 0 Å². The first-order valence-electron chi connectivity index (χ1n) is 6.97. The van der Waals surface area contributed by atoms with Crippen LogP contribution in [-0.4, -0.2) is 10.2 Å². The molecule has 1 aromatic heterocycles. The second-order valence-corrected chi connectivity index (χ2v) is 6.70. The summed E-state index contributed by atoms with van der Waals surface area (Å²) in [5, 5.41) is 7.79. The van der Waals surface area contributed by atoms with E-state index in [9.17, 15) is 0 Å². The number of nitrogens with one attached hydrogen (secondary N) is 1. The smallest absolute Gasteiger partial charge is 0.0955 e. The van der Waals surface area contributed by atoms with Gasteiger partial charge in [0.05, 0.1) is 5.69 Å². The highest BCUT2D eigenvalue weighted by Gasteiger charge is 2.25. The number of aryl methyl sites for hydroxylation is 1. The zero-order valence-electron chi connectivity index (χ0n) is 11.4. The van der Waals surface area contributed by atoms with Crippen LogP contribution >= 0.6 is 15.9 Å². The van der Waals surface area contributed by atoms with Crippen LogP contribution in [0, 0.1) is 11.8 Å². The Morgan fingerprint density at radius 3 is 2.68 bits per heavy atom. The van der Waals surface area contributed by atoms with E-state index in [1.165, 1.54) is 23.2 Å². The first-order chi connectivity index (χ1) is 9.15. The van der Waals surface area contributed by atoms with Gasteiger partial charge in [-0.25, -0.2) is 0 Å². The largest absolute Gasteiger partial charge is 0.282 e. The molecule has 0 fully saturated rings. The molecular weight excluding hydrogens is 300 g/mol. The minimum absolute atomic E-state index is 0.751. The van der Waals surface area contributed by atoms with Gasteiger partial charge in [0, 0.05) is 21.3 Å². The van der Waals surface area contributed by atoms with Gasteiger partial charge in [-0.3, -0.25) is 5.10 Å². The zero-order valence-corrected chi connectivity index (χ0v) is 13.0. The van der Waals surface area contributed by atoms with Gasteiger partial charge < -0.3 is 0 Å². The molecule has 3 heteroatoms. The van der Waals surface area contributed by atoms with Crippen molar-refractivity contribution in [2.24, 2.45) is 11.8 Å². The average molecular weight is 319 g/mol. The van der Waals surface area contributed by atoms with Crippen molar-refractivity contribution in [1.29, 1.82) is 0 Å². The molecule has 1 aromatic carbocycles. The third-order valence-electron chi connectivity index (χ3n) is 4.24. The van der Waals surface area contributed by atoms with Gasteiger partial charge >= 0.3 is 0 Å². The van der Waals surface area contributed by atoms with Crippen molar-refractivity contribution >= 4 is 15.9 Å². The van der Waals surface area contributed by atoms with E-state index < -0.39 is 0 Å². The molecule has 1 heterocycles. The lowest BCUT2D eigenvalue weighted by molar-refractivity contribution is 0.342. The van der Waals surface area contributed by atoms with Gasteiger partial charge in [0.2, 0.25) is 0 Å². The van der Waals surface area contributed by atoms with Gasteiger partial charge in [-0.2, -0.15) is 5.10 Å². The number of fused-ring (bicyclic) bond motifs is 1. The molecule has 0 saturated carbocycles. The Balaban J connectivity index is 1.97. The molecule has 1 N–H and O–H groups in total. The number of benzene rings is 1. The Bertz CT molecular complexity index is 569. The van der Waals surface area contributed by atoms with E-state index in [1.54, 1.807) is 0 Å². The highest BCUT2D eigenvalue weighted by molar-refractivity contribution is 9.10. The van der Waals surface area contributed by atoms with Gasteiger partial charge in [-0.15, -0.1) is 0 Å². The summed E-state index contributed by atoms with van der Waals surface area (Å²) in [7, 11) is 0. The van der Waals surface area contributed by atoms with Crippen molar-refractivity contribution in [2.75, 3.05) is 0 Å². The molecule has 3 rings (SSSR count). The molecule has 0 amide bonds. The predicted octanol–water partition coefficient (Wildman–Crippen LogP) is 4.60. The number of rotatable bonds is 2. The fourth-order valence-corrected chi connectivity index (χ4v) is 3.20. The maximum Gasteiger partial charge on any atom is 0.0955 e. The standard InChI is InChI=1S/C16H19BrN2/c1-10(2)12-5-8-15-14(9-12)16(19-18-15)11-3-6-13(17)7-4-11/h3-4,6-7,10,12H,5,8-9H2,1-2H3,(H,18,19). The number of aromatic nitrogens is 2. The van der Waals surface area contributed by atoms with Gasteiger partial charge in [0.15, 0.2) is 0 Å². The van der Waals surface area contributed by atoms with Crippen LogP contribution in [0.3, 0.4) is 0 Å². The topological polar surface area (TPSA) is 28.7 Å². The van der Waals surface area contributed by atoms with Crippen molar-refractivity contribution in [2.45, 2.75) is 33.1 Å². The minimum Gasteiger partial charge on any atom is -0.282 e. The number of aromatic amines is 1. The SMILES string of the molecule is CC(C)C1CCc2[nH]nc(-c3ccc(Br)cc3)c2C1. The van der Waals surface area contributed by atoms with Crippen LogP contribution in [0.2, 0.25) is 0 Å². The van der Waals surface area contributed by atoms with Crippen molar-refractivity contribution in [3.05, 3.63) is 40.0 Å². The van der Waals surface area contributed by atoms with Gasteiger partial charge in [0.25, 0.3) is 0 Å². The lowest BCUT2D eigenvalue weighted by Crippen LogP contribution is -2.18. The summed E-state index contributed by atoms with van der Waals surface area (Å²) < 4.78 is 1.11. The summed E-state index contributed by atoms with van der Waals surface area (Å²) >= 11 is 3.48. The third-order valence-corrected chi connectivity index (χ3v) is 4.77. The molecule has 1 aliphatic rings. The molecule has 19 heavy (non-hydrogen) atoms. The second kappa shape index (κ2) is 5.12. The van der Waals surface area contributed by atoms with E-state index in [1.807, 2.05) is 0 Å². The molecule has 2 aromatic rings. The van der Waals surface area contributed by atoms with E-state index in [4.69, 9.17) is 0 Å². The van der Waals surface area contributed by atoms with Crippen molar-refractivity contribution in [3.8, 4) is 11.3 Å². The highest BCUT2D eigenvalue weighted by Crippen LogP contribution is 2.35. The van der Waals surface area contributed by atoms with E-state index >= 15 is 0 Å². The molecule has 1 unspecified atom stereocenters. The molecular formula is C16H19BrN2. The first kappa shape index (κ1) is 12.9. The van der Waals surface area contributed by atoms with Crippen LogP contribution in [0.4, 0.5) is 0 Å². The normalized spacial score (nSPS) is 18.6. The van der Waals surface area contributed by atoms with Crippen LogP contribution in [0.15, 0.2) is 28.7 Å². The van der Waals surface area contributed by atoms with Crippen LogP contribution < -0.4 is 0 Å². The Hall–Kier alpha value is -1.09.